The zero-order chi connectivity index (χ0) is 23.5. The van der Waals surface area contributed by atoms with E-state index in [4.69, 9.17) is 9.47 Å². The van der Waals surface area contributed by atoms with Gasteiger partial charge in [-0.3, -0.25) is 9.59 Å². The minimum absolute atomic E-state index is 0.233. The van der Waals surface area contributed by atoms with Gasteiger partial charge in [0.15, 0.2) is 0 Å². The number of imide groups is 1. The van der Waals surface area contributed by atoms with Gasteiger partial charge in [-0.25, -0.2) is 4.90 Å². The van der Waals surface area contributed by atoms with Crippen LogP contribution in [0.4, 0.5) is 11.4 Å². The van der Waals surface area contributed by atoms with Gasteiger partial charge in [0.1, 0.15) is 17.2 Å². The number of hydrogen-bond acceptors (Lipinski definition) is 5. The number of amides is 2. The Bertz CT molecular complexity index is 1220. The van der Waals surface area contributed by atoms with E-state index in [2.05, 4.69) is 11.4 Å². The van der Waals surface area contributed by atoms with Crippen molar-refractivity contribution in [2.24, 2.45) is 0 Å². The first-order chi connectivity index (χ1) is 15.9. The minimum Gasteiger partial charge on any atom is -0.497 e. The molecule has 0 saturated carbocycles. The molecule has 0 spiro atoms. The second-order valence-corrected chi connectivity index (χ2v) is 7.86. The molecule has 0 unspecified atom stereocenters. The van der Waals surface area contributed by atoms with E-state index in [1.165, 1.54) is 4.90 Å². The van der Waals surface area contributed by atoms with E-state index in [-0.39, 0.29) is 5.70 Å². The molecule has 2 amide bonds. The average molecular weight is 443 g/mol. The summed E-state index contributed by atoms with van der Waals surface area (Å²) in [5.74, 6) is 0.444. The van der Waals surface area contributed by atoms with Gasteiger partial charge in [0, 0.05) is 11.8 Å². The lowest BCUT2D eigenvalue weighted by atomic mass is 10.0. The van der Waals surface area contributed by atoms with Crippen molar-refractivity contribution < 1.29 is 19.1 Å². The second-order valence-electron chi connectivity index (χ2n) is 7.86. The molecule has 0 fully saturated rings. The van der Waals surface area contributed by atoms with Crippen LogP contribution in [-0.2, 0) is 9.59 Å². The van der Waals surface area contributed by atoms with Gasteiger partial charge in [-0.15, -0.1) is 0 Å². The van der Waals surface area contributed by atoms with Gasteiger partial charge >= 0.3 is 0 Å². The molecule has 1 aliphatic rings. The van der Waals surface area contributed by atoms with Crippen molar-refractivity contribution in [2.75, 3.05) is 23.9 Å². The third-order valence-corrected chi connectivity index (χ3v) is 5.34. The molecule has 3 aromatic carbocycles. The van der Waals surface area contributed by atoms with Gasteiger partial charge < -0.3 is 14.8 Å². The molecule has 4 rings (SSSR count). The van der Waals surface area contributed by atoms with E-state index < -0.39 is 11.8 Å². The summed E-state index contributed by atoms with van der Waals surface area (Å²) >= 11 is 0. The Morgan fingerprint density at radius 1 is 0.848 bits per heavy atom. The van der Waals surface area contributed by atoms with Gasteiger partial charge in [-0.05, 0) is 73.9 Å². The van der Waals surface area contributed by atoms with Crippen LogP contribution in [0.15, 0.2) is 72.4 Å². The monoisotopic (exact) mass is 442 g/mol. The van der Waals surface area contributed by atoms with Crippen LogP contribution >= 0.6 is 0 Å². The molecule has 1 aliphatic heterocycles. The van der Waals surface area contributed by atoms with E-state index in [1.54, 1.807) is 55.6 Å². The number of carbonyl (C=O) groups is 2. The molecule has 0 atom stereocenters. The molecule has 0 saturated heterocycles. The first kappa shape index (κ1) is 22.1. The Morgan fingerprint density at radius 2 is 1.55 bits per heavy atom. The fourth-order valence-electron chi connectivity index (χ4n) is 3.97. The maximum atomic E-state index is 13.6. The standard InChI is InChI=1S/C27H26N2O4/c1-5-33-22-11-9-19(10-12-22)24-25(28-20-14-17(2)13-18(3)15-20)27(31)29(26(24)30)21-7-6-8-23(16-21)32-4/h6-16,28H,5H2,1-4H3. The number of hydrogen-bond donors (Lipinski definition) is 1. The molecule has 0 radical (unpaired) electrons. The predicted octanol–water partition coefficient (Wildman–Crippen LogP) is 5.11. The summed E-state index contributed by atoms with van der Waals surface area (Å²) in [6.45, 7) is 6.43. The number of carbonyl (C=O) groups excluding carboxylic acids is 2. The zero-order valence-electron chi connectivity index (χ0n) is 19.1. The van der Waals surface area contributed by atoms with E-state index in [1.807, 2.05) is 32.9 Å². The maximum Gasteiger partial charge on any atom is 0.282 e. The highest BCUT2D eigenvalue weighted by molar-refractivity contribution is 6.46. The van der Waals surface area contributed by atoms with Gasteiger partial charge in [-0.1, -0.05) is 24.3 Å². The fraction of sp³-hybridized carbons (Fsp3) is 0.185. The van der Waals surface area contributed by atoms with Gasteiger partial charge in [0.2, 0.25) is 0 Å². The van der Waals surface area contributed by atoms with Gasteiger partial charge in [-0.2, -0.15) is 0 Å². The van der Waals surface area contributed by atoms with Crippen molar-refractivity contribution in [1.82, 2.24) is 0 Å². The van der Waals surface area contributed by atoms with Crippen LogP contribution < -0.4 is 19.7 Å². The third-order valence-electron chi connectivity index (χ3n) is 5.34. The molecular weight excluding hydrogens is 416 g/mol. The summed E-state index contributed by atoms with van der Waals surface area (Å²) in [6.07, 6.45) is 0. The van der Waals surface area contributed by atoms with Crippen molar-refractivity contribution in [1.29, 1.82) is 0 Å². The molecule has 0 aromatic heterocycles. The lowest BCUT2D eigenvalue weighted by Gasteiger charge is -2.16. The normalized spacial score (nSPS) is 13.5. The van der Waals surface area contributed by atoms with Crippen LogP contribution in [0.2, 0.25) is 0 Å². The van der Waals surface area contributed by atoms with Crippen molar-refractivity contribution in [3.8, 4) is 11.5 Å². The van der Waals surface area contributed by atoms with Crippen LogP contribution in [0.1, 0.15) is 23.6 Å². The number of nitrogens with zero attached hydrogens (tertiary/aromatic N) is 1. The SMILES string of the molecule is CCOc1ccc(C2=C(Nc3cc(C)cc(C)c3)C(=O)N(c3cccc(OC)c3)C2=O)cc1. The Morgan fingerprint density at radius 3 is 2.18 bits per heavy atom. The fourth-order valence-corrected chi connectivity index (χ4v) is 3.97. The Kier molecular flexibility index (Phi) is 6.18. The van der Waals surface area contributed by atoms with Crippen LogP contribution in [-0.4, -0.2) is 25.5 Å². The summed E-state index contributed by atoms with van der Waals surface area (Å²) < 4.78 is 10.8. The molecule has 6 nitrogen and oxygen atoms in total. The summed E-state index contributed by atoms with van der Waals surface area (Å²) in [4.78, 5) is 28.3. The van der Waals surface area contributed by atoms with Crippen LogP contribution in [0, 0.1) is 13.8 Å². The van der Waals surface area contributed by atoms with E-state index >= 15 is 0 Å². The minimum atomic E-state index is -0.420. The number of aryl methyl sites for hydroxylation is 2. The molecule has 0 aliphatic carbocycles. The average Bonchev–Trinajstić information content (AvgIpc) is 3.03. The van der Waals surface area contributed by atoms with Crippen molar-refractivity contribution in [2.45, 2.75) is 20.8 Å². The topological polar surface area (TPSA) is 67.9 Å². The highest BCUT2D eigenvalue weighted by atomic mass is 16.5. The van der Waals surface area contributed by atoms with Crippen molar-refractivity contribution in [3.05, 3.63) is 89.1 Å². The lowest BCUT2D eigenvalue weighted by Crippen LogP contribution is -2.32. The van der Waals surface area contributed by atoms with Crippen molar-refractivity contribution in [3.63, 3.8) is 0 Å². The molecule has 1 N–H and O–H groups in total. The number of rotatable bonds is 7. The molecule has 6 heteroatoms. The van der Waals surface area contributed by atoms with Crippen molar-refractivity contribution >= 4 is 28.8 Å². The summed E-state index contributed by atoms with van der Waals surface area (Å²) in [7, 11) is 1.55. The number of ether oxygens (including phenoxy) is 2. The Balaban J connectivity index is 1.81. The number of anilines is 2. The van der Waals surface area contributed by atoms with Gasteiger partial charge in [0.25, 0.3) is 11.8 Å². The highest BCUT2D eigenvalue weighted by Crippen LogP contribution is 2.35. The highest BCUT2D eigenvalue weighted by Gasteiger charge is 2.40. The molecular formula is C27H26N2O4. The first-order valence-corrected chi connectivity index (χ1v) is 10.8. The van der Waals surface area contributed by atoms with Crippen LogP contribution in [0.3, 0.4) is 0 Å². The first-order valence-electron chi connectivity index (χ1n) is 10.8. The molecule has 3 aromatic rings. The quantitative estimate of drug-likeness (QED) is 0.515. The maximum absolute atomic E-state index is 13.6. The Hall–Kier alpha value is -4.06. The van der Waals surface area contributed by atoms with E-state index in [0.717, 1.165) is 16.8 Å². The van der Waals surface area contributed by atoms with Crippen LogP contribution in [0.25, 0.3) is 5.57 Å². The summed E-state index contributed by atoms with van der Waals surface area (Å²) in [5, 5.41) is 3.22. The number of methoxy groups -OCH3 is 1. The Labute approximate surface area is 193 Å². The molecule has 0 bridgehead atoms. The zero-order valence-corrected chi connectivity index (χ0v) is 19.1. The van der Waals surface area contributed by atoms with Gasteiger partial charge in [0.05, 0.1) is 25.0 Å². The second kappa shape index (κ2) is 9.20. The molecule has 168 valence electrons. The largest absolute Gasteiger partial charge is 0.497 e. The summed E-state index contributed by atoms with van der Waals surface area (Å²) in [6, 6.07) is 20.0. The van der Waals surface area contributed by atoms with E-state index in [0.29, 0.717) is 34.9 Å². The van der Waals surface area contributed by atoms with Crippen LogP contribution in [0.5, 0.6) is 11.5 Å². The summed E-state index contributed by atoms with van der Waals surface area (Å²) in [5.41, 5.74) is 4.49. The smallest absolute Gasteiger partial charge is 0.282 e. The third kappa shape index (κ3) is 4.46. The molecule has 33 heavy (non-hydrogen) atoms. The van der Waals surface area contributed by atoms with E-state index in [9.17, 15) is 9.59 Å². The predicted molar refractivity (Wildman–Crippen MR) is 130 cm³/mol. The number of nitrogens with one attached hydrogen (secondary N) is 1. The number of benzene rings is 3. The molecule has 1 heterocycles. The lowest BCUT2D eigenvalue weighted by molar-refractivity contribution is -0.120.